The van der Waals surface area contributed by atoms with Crippen molar-refractivity contribution in [1.82, 2.24) is 29.0 Å². The van der Waals surface area contributed by atoms with Gasteiger partial charge in [-0.3, -0.25) is 4.57 Å². The SMILES string of the molecule is CCn1c(C2CCN(S(=O)(=O)c3cccc4nonc34)CC2)nn(C)c1=O. The zero-order valence-electron chi connectivity index (χ0n) is 15.1. The molecule has 0 saturated carbocycles. The van der Waals surface area contributed by atoms with Gasteiger partial charge in [-0.1, -0.05) is 6.07 Å². The molecule has 1 aliphatic rings. The van der Waals surface area contributed by atoms with Gasteiger partial charge < -0.3 is 0 Å². The fourth-order valence-corrected chi connectivity index (χ4v) is 5.21. The maximum Gasteiger partial charge on any atom is 0.345 e. The summed E-state index contributed by atoms with van der Waals surface area (Å²) in [7, 11) is -2.08. The summed E-state index contributed by atoms with van der Waals surface area (Å²) < 4.78 is 35.2. The molecular weight excluding hydrogens is 372 g/mol. The standard InChI is InChI=1S/C16H20N6O4S/c1-3-22-15(17-20(2)16(22)23)11-7-9-21(10-8-11)27(24,25)13-6-4-5-12-14(13)19-26-18-12/h4-6,11H,3,7-10H2,1-2H3. The average molecular weight is 392 g/mol. The number of hydrogen-bond acceptors (Lipinski definition) is 7. The van der Waals surface area contributed by atoms with E-state index < -0.39 is 10.0 Å². The van der Waals surface area contributed by atoms with E-state index in [1.165, 1.54) is 15.1 Å². The van der Waals surface area contributed by atoms with Gasteiger partial charge in [0, 0.05) is 32.6 Å². The highest BCUT2D eigenvalue weighted by molar-refractivity contribution is 7.89. The van der Waals surface area contributed by atoms with Gasteiger partial charge in [-0.2, -0.15) is 9.40 Å². The predicted octanol–water partition coefficient (Wildman–Crippen LogP) is 0.706. The molecule has 0 amide bonds. The number of benzene rings is 1. The molecule has 0 unspecified atom stereocenters. The molecule has 10 nitrogen and oxygen atoms in total. The molecule has 4 rings (SSSR count). The summed E-state index contributed by atoms with van der Waals surface area (Å²) in [6, 6.07) is 4.80. The van der Waals surface area contributed by atoms with Crippen molar-refractivity contribution in [3.8, 4) is 0 Å². The van der Waals surface area contributed by atoms with Crippen molar-refractivity contribution in [1.29, 1.82) is 0 Å². The molecule has 1 aromatic carbocycles. The highest BCUT2D eigenvalue weighted by atomic mass is 32.2. The topological polar surface area (TPSA) is 116 Å². The van der Waals surface area contributed by atoms with Crippen LogP contribution in [0.5, 0.6) is 0 Å². The normalized spacial score (nSPS) is 17.0. The molecule has 3 aromatic rings. The summed E-state index contributed by atoms with van der Waals surface area (Å²) >= 11 is 0. The maximum atomic E-state index is 13.1. The molecule has 1 aliphatic heterocycles. The first kappa shape index (κ1) is 17.9. The first-order chi connectivity index (χ1) is 12.9. The molecule has 27 heavy (non-hydrogen) atoms. The number of aromatic nitrogens is 5. The van der Waals surface area contributed by atoms with Gasteiger partial charge >= 0.3 is 5.69 Å². The second kappa shape index (κ2) is 6.57. The number of aryl methyl sites for hydroxylation is 1. The van der Waals surface area contributed by atoms with E-state index in [-0.39, 0.29) is 22.0 Å². The minimum atomic E-state index is -3.71. The molecule has 0 atom stereocenters. The first-order valence-electron chi connectivity index (χ1n) is 8.78. The van der Waals surface area contributed by atoms with Crippen molar-refractivity contribution in [2.45, 2.75) is 37.1 Å². The third-order valence-electron chi connectivity index (χ3n) is 5.04. The molecule has 11 heteroatoms. The lowest BCUT2D eigenvalue weighted by molar-refractivity contribution is 0.307. The van der Waals surface area contributed by atoms with E-state index in [2.05, 4.69) is 20.0 Å². The van der Waals surface area contributed by atoms with Gasteiger partial charge in [-0.15, -0.1) is 0 Å². The van der Waals surface area contributed by atoms with E-state index in [0.717, 1.165) is 5.82 Å². The Bertz CT molecular complexity index is 1140. The Morgan fingerprint density at radius 3 is 2.67 bits per heavy atom. The Kier molecular flexibility index (Phi) is 4.35. The van der Waals surface area contributed by atoms with Crippen molar-refractivity contribution in [2.24, 2.45) is 7.05 Å². The largest absolute Gasteiger partial charge is 0.345 e. The molecule has 0 N–H and O–H groups in total. The highest BCUT2D eigenvalue weighted by Gasteiger charge is 2.33. The molecular formula is C16H20N6O4S. The molecule has 0 aliphatic carbocycles. The second-order valence-corrected chi connectivity index (χ2v) is 8.48. The number of fused-ring (bicyclic) bond motifs is 1. The third kappa shape index (κ3) is 2.86. The molecule has 1 fully saturated rings. The average Bonchev–Trinajstić information content (AvgIpc) is 3.26. The van der Waals surface area contributed by atoms with Crippen LogP contribution in [0.25, 0.3) is 11.0 Å². The monoisotopic (exact) mass is 392 g/mol. The van der Waals surface area contributed by atoms with Crippen molar-refractivity contribution in [3.05, 3.63) is 34.5 Å². The van der Waals surface area contributed by atoms with Gasteiger partial charge in [-0.25, -0.2) is 22.5 Å². The lowest BCUT2D eigenvalue weighted by atomic mass is 9.97. The van der Waals surface area contributed by atoms with Crippen molar-refractivity contribution in [3.63, 3.8) is 0 Å². The number of hydrogen-bond donors (Lipinski definition) is 0. The smallest absolute Gasteiger partial charge is 0.279 e. The summed E-state index contributed by atoms with van der Waals surface area (Å²) in [6.45, 7) is 3.15. The molecule has 2 aromatic heterocycles. The van der Waals surface area contributed by atoms with Gasteiger partial charge in [0.05, 0.1) is 0 Å². The van der Waals surface area contributed by atoms with Crippen LogP contribution in [0, 0.1) is 0 Å². The van der Waals surface area contributed by atoms with Gasteiger partial charge in [0.2, 0.25) is 10.0 Å². The molecule has 1 saturated heterocycles. The minimum Gasteiger partial charge on any atom is -0.279 e. The number of rotatable bonds is 4. The summed E-state index contributed by atoms with van der Waals surface area (Å²) in [4.78, 5) is 12.2. The van der Waals surface area contributed by atoms with Crippen LogP contribution in [0.15, 0.2) is 32.5 Å². The van der Waals surface area contributed by atoms with Crippen LogP contribution >= 0.6 is 0 Å². The first-order valence-corrected chi connectivity index (χ1v) is 10.2. The van der Waals surface area contributed by atoms with Crippen LogP contribution in [0.2, 0.25) is 0 Å². The Labute approximate surface area is 155 Å². The zero-order chi connectivity index (χ0) is 19.2. The number of sulfonamides is 1. The lowest BCUT2D eigenvalue weighted by Crippen LogP contribution is -2.38. The Hall–Kier alpha value is -2.53. The van der Waals surface area contributed by atoms with Gasteiger partial charge in [-0.05, 0) is 42.2 Å². The van der Waals surface area contributed by atoms with Crippen LogP contribution < -0.4 is 5.69 Å². The van der Waals surface area contributed by atoms with Crippen LogP contribution in [0.4, 0.5) is 0 Å². The zero-order valence-corrected chi connectivity index (χ0v) is 15.9. The molecule has 144 valence electrons. The molecule has 0 spiro atoms. The second-order valence-electron chi connectivity index (χ2n) is 6.58. The summed E-state index contributed by atoms with van der Waals surface area (Å²) in [5.74, 6) is 0.777. The fraction of sp³-hybridized carbons (Fsp3) is 0.500. The van der Waals surface area contributed by atoms with Crippen molar-refractivity contribution < 1.29 is 13.0 Å². The number of nitrogens with zero attached hydrogens (tertiary/aromatic N) is 6. The van der Waals surface area contributed by atoms with Gasteiger partial charge in [0.15, 0.2) is 5.52 Å². The number of piperidine rings is 1. The van der Waals surface area contributed by atoms with E-state index in [0.29, 0.717) is 38.0 Å². The quantitative estimate of drug-likeness (QED) is 0.642. The van der Waals surface area contributed by atoms with Crippen LogP contribution in [-0.4, -0.2) is 50.5 Å². The molecule has 3 heterocycles. The van der Waals surface area contributed by atoms with Gasteiger partial charge in [0.25, 0.3) is 0 Å². The summed E-state index contributed by atoms with van der Waals surface area (Å²) in [5.41, 5.74) is 0.503. The van der Waals surface area contributed by atoms with E-state index in [4.69, 9.17) is 0 Å². The highest BCUT2D eigenvalue weighted by Crippen LogP contribution is 2.31. The summed E-state index contributed by atoms with van der Waals surface area (Å²) in [6.07, 6.45) is 1.20. The summed E-state index contributed by atoms with van der Waals surface area (Å²) in [5, 5.41) is 11.8. The van der Waals surface area contributed by atoms with Crippen LogP contribution in [0.3, 0.4) is 0 Å². The Morgan fingerprint density at radius 2 is 1.96 bits per heavy atom. The van der Waals surface area contributed by atoms with Crippen LogP contribution in [0.1, 0.15) is 31.5 Å². The minimum absolute atomic E-state index is 0.0507. The molecule has 0 radical (unpaired) electrons. The molecule has 0 bridgehead atoms. The third-order valence-corrected chi connectivity index (χ3v) is 6.97. The van der Waals surface area contributed by atoms with Crippen molar-refractivity contribution in [2.75, 3.05) is 13.1 Å². The van der Waals surface area contributed by atoms with E-state index in [9.17, 15) is 13.2 Å². The maximum absolute atomic E-state index is 13.1. The predicted molar refractivity (Wildman–Crippen MR) is 95.7 cm³/mol. The van der Waals surface area contributed by atoms with E-state index in [1.54, 1.807) is 23.7 Å². The van der Waals surface area contributed by atoms with Crippen LogP contribution in [-0.2, 0) is 23.6 Å². The fourth-order valence-electron chi connectivity index (χ4n) is 3.61. The lowest BCUT2D eigenvalue weighted by Gasteiger charge is -2.30. The Balaban J connectivity index is 1.58. The Morgan fingerprint density at radius 1 is 1.22 bits per heavy atom. The van der Waals surface area contributed by atoms with E-state index >= 15 is 0 Å². The van der Waals surface area contributed by atoms with E-state index in [1.807, 2.05) is 6.92 Å². The van der Waals surface area contributed by atoms with Gasteiger partial charge in [0.1, 0.15) is 16.2 Å². The van der Waals surface area contributed by atoms with Crippen molar-refractivity contribution >= 4 is 21.1 Å².